The fourth-order valence-corrected chi connectivity index (χ4v) is 1.89. The number of allylic oxidation sites excluding steroid dienone is 2. The third-order valence-electron chi connectivity index (χ3n) is 1.77. The number of aliphatic carboxylic acids is 1. The van der Waals surface area contributed by atoms with Crippen LogP contribution < -0.4 is 0 Å². The van der Waals surface area contributed by atoms with E-state index in [9.17, 15) is 4.79 Å². The summed E-state index contributed by atoms with van der Waals surface area (Å²) in [5.41, 5.74) is 0. The monoisotopic (exact) mass is 229 g/mol. The molecule has 0 saturated heterocycles. The second kappa shape index (κ2) is 8.41. The zero-order valence-corrected chi connectivity index (χ0v) is 10.3. The molecule has 1 N–H and O–H groups in total. The van der Waals surface area contributed by atoms with Crippen LogP contribution in [0.15, 0.2) is 24.6 Å². The Kier molecular flexibility index (Phi) is 7.91. The largest absolute Gasteiger partial charge is 0.480 e. The second-order valence-corrected chi connectivity index (χ2v) is 4.24. The van der Waals surface area contributed by atoms with Crippen molar-refractivity contribution in [2.45, 2.75) is 26.8 Å². The van der Waals surface area contributed by atoms with Crippen LogP contribution in [0.5, 0.6) is 0 Å². The molecule has 15 heavy (non-hydrogen) atoms. The summed E-state index contributed by atoms with van der Waals surface area (Å²) in [6, 6.07) is -0.484. The number of nitrogens with zero attached hydrogens (tertiary/aromatic N) is 1. The van der Waals surface area contributed by atoms with Crippen LogP contribution in [0.3, 0.4) is 0 Å². The highest BCUT2D eigenvalue weighted by atomic mass is 32.2. The molecule has 86 valence electrons. The lowest BCUT2D eigenvalue weighted by Gasteiger charge is -2.23. The molecule has 0 rings (SSSR count). The van der Waals surface area contributed by atoms with Crippen molar-refractivity contribution in [1.82, 2.24) is 4.90 Å². The minimum atomic E-state index is -0.785. The first-order chi connectivity index (χ1) is 7.17. The van der Waals surface area contributed by atoms with Crippen LogP contribution in [-0.4, -0.2) is 33.5 Å². The molecule has 0 saturated carbocycles. The highest BCUT2D eigenvalue weighted by Gasteiger charge is 2.20. The van der Waals surface area contributed by atoms with Gasteiger partial charge in [-0.1, -0.05) is 19.1 Å². The Bertz CT molecular complexity index is 227. The van der Waals surface area contributed by atoms with Crippen molar-refractivity contribution in [1.29, 1.82) is 0 Å². The van der Waals surface area contributed by atoms with E-state index in [1.807, 2.05) is 32.9 Å². The van der Waals surface area contributed by atoms with Crippen molar-refractivity contribution in [2.24, 2.45) is 0 Å². The Morgan fingerprint density at radius 3 is 2.27 bits per heavy atom. The van der Waals surface area contributed by atoms with Gasteiger partial charge in [0, 0.05) is 18.2 Å². The Morgan fingerprint density at radius 2 is 1.93 bits per heavy atom. The first-order valence-electron chi connectivity index (χ1n) is 5.01. The molecule has 1 atom stereocenters. The second-order valence-electron chi connectivity index (χ2n) is 2.93. The van der Waals surface area contributed by atoms with Crippen LogP contribution in [0.1, 0.15) is 20.8 Å². The summed E-state index contributed by atoms with van der Waals surface area (Å²) < 4.78 is 0. The lowest BCUT2D eigenvalue weighted by Crippen LogP contribution is -2.36. The molecule has 0 aliphatic carbocycles. The Labute approximate surface area is 95.8 Å². The van der Waals surface area contributed by atoms with Gasteiger partial charge in [-0.25, -0.2) is 4.79 Å². The number of rotatable bonds is 7. The van der Waals surface area contributed by atoms with Crippen LogP contribution in [0.2, 0.25) is 0 Å². The number of thioether (sulfide) groups is 1. The average molecular weight is 229 g/mol. The Morgan fingerprint density at radius 1 is 1.40 bits per heavy atom. The highest BCUT2D eigenvalue weighted by molar-refractivity contribution is 7.99. The maximum absolute atomic E-state index is 11.1. The number of hydrogen-bond acceptors (Lipinski definition) is 3. The molecule has 0 aliphatic rings. The smallest absolute Gasteiger partial charge is 0.327 e. The summed E-state index contributed by atoms with van der Waals surface area (Å²) >= 11 is 1.63. The number of carboxylic acids is 1. The van der Waals surface area contributed by atoms with Crippen molar-refractivity contribution >= 4 is 17.7 Å². The highest BCUT2D eigenvalue weighted by Crippen LogP contribution is 2.10. The van der Waals surface area contributed by atoms with E-state index in [0.717, 1.165) is 5.75 Å². The van der Waals surface area contributed by atoms with Gasteiger partial charge in [-0.3, -0.25) is 0 Å². The van der Waals surface area contributed by atoms with Crippen LogP contribution >= 0.6 is 11.8 Å². The van der Waals surface area contributed by atoms with Gasteiger partial charge in [0.25, 0.3) is 0 Å². The van der Waals surface area contributed by atoms with Gasteiger partial charge in [0.2, 0.25) is 0 Å². The molecule has 0 fully saturated rings. The summed E-state index contributed by atoms with van der Waals surface area (Å²) in [7, 11) is 0. The normalized spacial score (nSPS) is 13.5. The molecule has 0 radical (unpaired) electrons. The maximum Gasteiger partial charge on any atom is 0.327 e. The van der Waals surface area contributed by atoms with Gasteiger partial charge >= 0.3 is 5.97 Å². The molecular formula is C11H19NO2S. The van der Waals surface area contributed by atoms with Crippen molar-refractivity contribution in [3.05, 3.63) is 24.6 Å². The zero-order chi connectivity index (χ0) is 11.7. The van der Waals surface area contributed by atoms with Gasteiger partial charge in [0.05, 0.1) is 0 Å². The van der Waals surface area contributed by atoms with E-state index in [1.54, 1.807) is 29.1 Å². The van der Waals surface area contributed by atoms with Gasteiger partial charge in [0.15, 0.2) is 0 Å². The lowest BCUT2D eigenvalue weighted by atomic mass is 10.3. The number of carboxylic acid groups (broad SMARTS) is 1. The maximum atomic E-state index is 11.1. The molecule has 0 spiro atoms. The first kappa shape index (κ1) is 14.1. The molecule has 0 amide bonds. The fourth-order valence-electron chi connectivity index (χ4n) is 1.12. The molecule has 0 aliphatic heterocycles. The third-order valence-corrected chi connectivity index (χ3v) is 2.73. The van der Waals surface area contributed by atoms with Gasteiger partial charge in [-0.2, -0.15) is 11.8 Å². The minimum absolute atomic E-state index is 0.484. The van der Waals surface area contributed by atoms with E-state index in [4.69, 9.17) is 5.11 Å². The SMILES string of the molecule is CC=CN(C=CC)C(CSCC)C(=O)O. The van der Waals surface area contributed by atoms with Crippen molar-refractivity contribution in [3.8, 4) is 0 Å². The van der Waals surface area contributed by atoms with Crippen LogP contribution in [0.25, 0.3) is 0 Å². The molecule has 0 heterocycles. The molecular weight excluding hydrogens is 210 g/mol. The van der Waals surface area contributed by atoms with Crippen LogP contribution in [0.4, 0.5) is 0 Å². The standard InChI is InChI=1S/C11H19NO2S/c1-4-7-12(8-5-2)10(11(13)14)9-15-6-3/h4-5,7-8,10H,6,9H2,1-3H3,(H,13,14). The van der Waals surface area contributed by atoms with E-state index in [0.29, 0.717) is 5.75 Å². The topological polar surface area (TPSA) is 40.5 Å². The quantitative estimate of drug-likeness (QED) is 0.728. The van der Waals surface area contributed by atoms with Crippen molar-refractivity contribution in [3.63, 3.8) is 0 Å². The first-order valence-corrected chi connectivity index (χ1v) is 6.16. The predicted octanol–water partition coefficient (Wildman–Crippen LogP) is 2.56. The molecule has 0 aromatic heterocycles. The van der Waals surface area contributed by atoms with Crippen molar-refractivity contribution < 1.29 is 9.90 Å². The van der Waals surface area contributed by atoms with Gasteiger partial charge in [0.1, 0.15) is 6.04 Å². The Balaban J connectivity index is 4.59. The van der Waals surface area contributed by atoms with Gasteiger partial charge < -0.3 is 10.0 Å². The van der Waals surface area contributed by atoms with Gasteiger partial charge in [-0.15, -0.1) is 0 Å². The predicted molar refractivity (Wildman–Crippen MR) is 65.9 cm³/mol. The molecule has 0 aromatic carbocycles. The minimum Gasteiger partial charge on any atom is -0.480 e. The zero-order valence-electron chi connectivity index (χ0n) is 9.51. The summed E-state index contributed by atoms with van der Waals surface area (Å²) in [4.78, 5) is 12.8. The van der Waals surface area contributed by atoms with Crippen molar-refractivity contribution in [2.75, 3.05) is 11.5 Å². The molecule has 1 unspecified atom stereocenters. The molecule has 3 nitrogen and oxygen atoms in total. The number of carbonyl (C=O) groups is 1. The molecule has 0 bridgehead atoms. The fraction of sp³-hybridized carbons (Fsp3) is 0.545. The Hall–Kier alpha value is -0.900. The molecule has 0 aromatic rings. The summed E-state index contributed by atoms with van der Waals surface area (Å²) in [5, 5.41) is 9.10. The van der Waals surface area contributed by atoms with E-state index in [-0.39, 0.29) is 0 Å². The lowest BCUT2D eigenvalue weighted by molar-refractivity contribution is -0.140. The third kappa shape index (κ3) is 5.52. The van der Waals surface area contributed by atoms with E-state index in [2.05, 4.69) is 0 Å². The van der Waals surface area contributed by atoms with E-state index in [1.165, 1.54) is 0 Å². The number of hydrogen-bond donors (Lipinski definition) is 1. The van der Waals surface area contributed by atoms with Crippen LogP contribution in [-0.2, 0) is 4.79 Å². The summed E-state index contributed by atoms with van der Waals surface area (Å²) in [6.07, 6.45) is 7.25. The molecule has 4 heteroatoms. The summed E-state index contributed by atoms with van der Waals surface area (Å²) in [5.74, 6) is 0.747. The van der Waals surface area contributed by atoms with Crippen LogP contribution in [0, 0.1) is 0 Å². The van der Waals surface area contributed by atoms with Gasteiger partial charge in [-0.05, 0) is 19.6 Å². The van der Waals surface area contributed by atoms with E-state index < -0.39 is 12.0 Å². The van der Waals surface area contributed by atoms with E-state index >= 15 is 0 Å². The average Bonchev–Trinajstić information content (AvgIpc) is 2.18. The summed E-state index contributed by atoms with van der Waals surface area (Å²) in [6.45, 7) is 5.78.